The molecule has 0 unspecified atom stereocenters. The lowest BCUT2D eigenvalue weighted by Gasteiger charge is -1.81. The van der Waals surface area contributed by atoms with E-state index in [9.17, 15) is 0 Å². The molecular formula is C7H8N3OS-. The highest BCUT2D eigenvalue weighted by Crippen LogP contribution is 2.06. The molecule has 1 aromatic heterocycles. The van der Waals surface area contributed by atoms with Gasteiger partial charge in [-0.05, 0) is 6.07 Å². The average molecular weight is 182 g/mol. The number of aromatic amines is 1. The van der Waals surface area contributed by atoms with Gasteiger partial charge in [0.05, 0.1) is 11.7 Å². The molecule has 2 aromatic rings. The lowest BCUT2D eigenvalue weighted by atomic mass is 10.3. The number of nitrogens with one attached hydrogen (secondary N) is 2. The number of rotatable bonds is 0. The van der Waals surface area contributed by atoms with Crippen LogP contribution in [-0.2, 0) is 15.7 Å². The van der Waals surface area contributed by atoms with Gasteiger partial charge in [0.25, 0.3) is 0 Å². The zero-order valence-corrected chi connectivity index (χ0v) is 7.08. The Hall–Kier alpha value is -1.36. The van der Waals surface area contributed by atoms with Gasteiger partial charge in [-0.3, -0.25) is 5.10 Å². The zero-order chi connectivity index (χ0) is 8.81. The van der Waals surface area contributed by atoms with Crippen molar-refractivity contribution in [2.24, 2.45) is 0 Å². The Labute approximate surface area is 72.6 Å². The van der Waals surface area contributed by atoms with Crippen LogP contribution in [0.4, 0.5) is 0 Å². The van der Waals surface area contributed by atoms with Gasteiger partial charge in [0, 0.05) is 5.39 Å². The monoisotopic (exact) mass is 182 g/mol. The fraction of sp³-hybridized carbons (Fsp3) is 0. The molecule has 0 bridgehead atoms. The van der Waals surface area contributed by atoms with E-state index in [1.165, 1.54) is 0 Å². The second-order valence-corrected chi connectivity index (χ2v) is 2.23. The molecule has 0 radical (unpaired) electrons. The highest BCUT2D eigenvalue weighted by atomic mass is 32.1. The van der Waals surface area contributed by atoms with E-state index in [-0.39, 0.29) is 0 Å². The van der Waals surface area contributed by atoms with Crippen LogP contribution in [0, 0.1) is 4.78 Å². The molecule has 4 nitrogen and oxygen atoms in total. The second kappa shape index (κ2) is 4.50. The quantitative estimate of drug-likeness (QED) is 0.478. The van der Waals surface area contributed by atoms with Crippen molar-refractivity contribution in [2.75, 3.05) is 0 Å². The first kappa shape index (κ1) is 8.73. The number of fused-ring (bicyclic) bond motifs is 1. The smallest absolute Gasteiger partial charge is 0.0650 e. The van der Waals surface area contributed by atoms with Crippen molar-refractivity contribution in [2.45, 2.75) is 0 Å². The minimum atomic E-state index is -0.583. The van der Waals surface area contributed by atoms with Crippen molar-refractivity contribution in [3.05, 3.63) is 30.5 Å². The molecule has 64 valence electrons. The molecule has 0 atom stereocenters. The molecule has 5 heteroatoms. The number of hydrogen-bond donors (Lipinski definition) is 2. The van der Waals surface area contributed by atoms with Crippen LogP contribution < -0.4 is 0 Å². The molecule has 12 heavy (non-hydrogen) atoms. The Morgan fingerprint density at radius 3 is 2.75 bits per heavy atom. The van der Waals surface area contributed by atoms with E-state index in [4.69, 9.17) is 8.99 Å². The first-order chi connectivity index (χ1) is 5.88. The summed E-state index contributed by atoms with van der Waals surface area (Å²) in [4.78, 5) is 0. The van der Waals surface area contributed by atoms with E-state index < -0.39 is 11.5 Å². The summed E-state index contributed by atoms with van der Waals surface area (Å²) in [7, 11) is 0. The normalized spacial score (nSPS) is 9.00. The van der Waals surface area contributed by atoms with E-state index in [0.717, 1.165) is 10.9 Å². The van der Waals surface area contributed by atoms with Crippen molar-refractivity contribution in [3.63, 3.8) is 0 Å². The first-order valence-electron chi connectivity index (χ1n) is 3.25. The van der Waals surface area contributed by atoms with Crippen molar-refractivity contribution >= 4 is 22.4 Å². The third-order valence-electron chi connectivity index (χ3n) is 1.35. The molecule has 0 amide bonds. The molecule has 2 N–H and O–H groups in total. The molecule has 0 aliphatic carbocycles. The summed E-state index contributed by atoms with van der Waals surface area (Å²) in [6, 6.07) is 8.01. The Balaban J connectivity index is 0.000000213. The summed E-state index contributed by atoms with van der Waals surface area (Å²) >= 11 is -0.583. The summed E-state index contributed by atoms with van der Waals surface area (Å²) in [6.45, 7) is 0. The van der Waals surface area contributed by atoms with Crippen LogP contribution in [0.3, 0.4) is 0 Å². The predicted octanol–water partition coefficient (Wildman–Crippen LogP) is 1.47. The van der Waals surface area contributed by atoms with Gasteiger partial charge in [0.1, 0.15) is 0 Å². The molecule has 0 aliphatic heterocycles. The Morgan fingerprint density at radius 2 is 2.08 bits per heavy atom. The first-order valence-corrected chi connectivity index (χ1v) is 4.07. The van der Waals surface area contributed by atoms with Crippen LogP contribution in [0.2, 0.25) is 0 Å². The number of nitrogens with zero attached hydrogens (tertiary/aromatic N) is 1. The van der Waals surface area contributed by atoms with Crippen LogP contribution in [0.5, 0.6) is 0 Å². The maximum absolute atomic E-state index is 8.57. The Kier molecular flexibility index (Phi) is 3.28. The van der Waals surface area contributed by atoms with Gasteiger partial charge < -0.3 is 8.99 Å². The van der Waals surface area contributed by atoms with E-state index in [1.807, 2.05) is 30.5 Å². The summed E-state index contributed by atoms with van der Waals surface area (Å²) in [5, 5.41) is 7.91. The van der Waals surface area contributed by atoms with E-state index in [2.05, 4.69) is 10.2 Å². The van der Waals surface area contributed by atoms with E-state index >= 15 is 0 Å². The van der Waals surface area contributed by atoms with Gasteiger partial charge in [-0.1, -0.05) is 18.2 Å². The van der Waals surface area contributed by atoms with Crippen LogP contribution in [-0.4, -0.2) is 10.2 Å². The molecule has 0 saturated heterocycles. The maximum Gasteiger partial charge on any atom is 0.0650 e. The topological polar surface area (TPSA) is 69.6 Å². The van der Waals surface area contributed by atoms with E-state index in [0.29, 0.717) is 0 Å². The lowest BCUT2D eigenvalue weighted by molar-refractivity contribution is 0.608. The van der Waals surface area contributed by atoms with Gasteiger partial charge in [0.2, 0.25) is 0 Å². The fourth-order valence-corrected chi connectivity index (χ4v) is 0.883. The van der Waals surface area contributed by atoms with Crippen LogP contribution in [0.15, 0.2) is 30.5 Å². The highest BCUT2D eigenvalue weighted by molar-refractivity contribution is 7.52. The number of hydrogen-bond acceptors (Lipinski definition) is 4. The van der Waals surface area contributed by atoms with Gasteiger partial charge >= 0.3 is 0 Å². The number of benzene rings is 1. The number of para-hydroxylation sites is 1. The number of H-pyrrole nitrogens is 1. The third kappa shape index (κ3) is 2.06. The highest BCUT2D eigenvalue weighted by Gasteiger charge is 1.88. The van der Waals surface area contributed by atoms with Crippen molar-refractivity contribution < 1.29 is 4.21 Å². The SMILES string of the molecule is N=[SH-]=O.c1ccc2[nH]ncc2c1. The molecule has 2 rings (SSSR count). The van der Waals surface area contributed by atoms with Crippen molar-refractivity contribution in [1.29, 1.82) is 4.78 Å². The molecular weight excluding hydrogens is 174 g/mol. The average Bonchev–Trinajstić information content (AvgIpc) is 2.52. The summed E-state index contributed by atoms with van der Waals surface area (Å²) in [6.07, 6.45) is 1.81. The van der Waals surface area contributed by atoms with Crippen molar-refractivity contribution in [1.82, 2.24) is 10.2 Å². The minimum absolute atomic E-state index is 0.583. The second-order valence-electron chi connectivity index (χ2n) is 2.05. The predicted molar refractivity (Wildman–Crippen MR) is 48.3 cm³/mol. The van der Waals surface area contributed by atoms with Crippen LogP contribution in [0.25, 0.3) is 10.9 Å². The summed E-state index contributed by atoms with van der Waals surface area (Å²) < 4.78 is 14.2. The summed E-state index contributed by atoms with van der Waals surface area (Å²) in [5.41, 5.74) is 1.09. The third-order valence-corrected chi connectivity index (χ3v) is 1.35. The zero-order valence-electron chi connectivity index (χ0n) is 6.19. The molecule has 0 fully saturated rings. The van der Waals surface area contributed by atoms with Gasteiger partial charge in [0.15, 0.2) is 0 Å². The fourth-order valence-electron chi connectivity index (χ4n) is 0.883. The standard InChI is InChI=1S/C7H6N2.H2NOS/c1-2-4-7-6(3-1)5-8-9-7;1-3-2/h1-5H,(H,8,9);1,3H/q;-1. The Bertz CT molecular complexity index is 362. The molecule has 1 heterocycles. The largest absolute Gasteiger partial charge is 0.448 e. The molecule has 0 saturated carbocycles. The van der Waals surface area contributed by atoms with Gasteiger partial charge in [-0.15, -0.1) is 0 Å². The molecule has 0 aliphatic rings. The van der Waals surface area contributed by atoms with Gasteiger partial charge in [-0.2, -0.15) is 5.10 Å². The maximum atomic E-state index is 8.57. The lowest BCUT2D eigenvalue weighted by Crippen LogP contribution is -1.63. The van der Waals surface area contributed by atoms with Crippen LogP contribution in [0.1, 0.15) is 0 Å². The number of aromatic nitrogens is 2. The van der Waals surface area contributed by atoms with Gasteiger partial charge in [-0.25, -0.2) is 11.5 Å². The molecule has 0 spiro atoms. The van der Waals surface area contributed by atoms with Crippen LogP contribution >= 0.6 is 0 Å². The minimum Gasteiger partial charge on any atom is -0.448 e. The van der Waals surface area contributed by atoms with Crippen molar-refractivity contribution in [3.8, 4) is 0 Å². The Morgan fingerprint density at radius 1 is 1.42 bits per heavy atom. The van der Waals surface area contributed by atoms with E-state index in [1.54, 1.807) is 0 Å². The molecule has 1 aromatic carbocycles. The summed E-state index contributed by atoms with van der Waals surface area (Å²) in [5.74, 6) is 0. The number of thiol groups is 1.